The molecule has 1 rings (SSSR count). The normalized spacial score (nSPS) is 15.3. The monoisotopic (exact) mass is 209 g/mol. The van der Waals surface area contributed by atoms with Crippen molar-refractivity contribution in [1.82, 2.24) is 9.97 Å². The van der Waals surface area contributed by atoms with Crippen molar-refractivity contribution < 1.29 is 4.74 Å². The predicted octanol–water partition coefficient (Wildman–Crippen LogP) is 1.54. The highest BCUT2D eigenvalue weighted by molar-refractivity contribution is 5.10. The van der Waals surface area contributed by atoms with Crippen LogP contribution in [0.4, 0.5) is 0 Å². The molecule has 4 nitrogen and oxygen atoms in total. The van der Waals surface area contributed by atoms with Crippen molar-refractivity contribution in [3.05, 3.63) is 24.3 Å². The first-order valence-electron chi connectivity index (χ1n) is 5.29. The highest BCUT2D eigenvalue weighted by Gasteiger charge is 2.23. The number of hydrogen-bond donors (Lipinski definition) is 1. The minimum absolute atomic E-state index is 0.0148. The van der Waals surface area contributed by atoms with Crippen molar-refractivity contribution in [1.29, 1.82) is 0 Å². The van der Waals surface area contributed by atoms with E-state index in [1.165, 1.54) is 6.33 Å². The van der Waals surface area contributed by atoms with Crippen LogP contribution in [0.25, 0.3) is 0 Å². The fourth-order valence-corrected chi connectivity index (χ4v) is 1.58. The van der Waals surface area contributed by atoms with Crippen LogP contribution in [0.1, 0.15) is 32.4 Å². The lowest BCUT2D eigenvalue weighted by atomic mass is 9.96. The van der Waals surface area contributed by atoms with Gasteiger partial charge in [-0.05, 0) is 12.8 Å². The average Bonchev–Trinajstić information content (AvgIpc) is 2.26. The van der Waals surface area contributed by atoms with Crippen LogP contribution in [0.15, 0.2) is 18.7 Å². The Bertz CT molecular complexity index is 276. The molecule has 15 heavy (non-hydrogen) atoms. The van der Waals surface area contributed by atoms with Crippen molar-refractivity contribution in [2.75, 3.05) is 6.61 Å². The van der Waals surface area contributed by atoms with E-state index in [1.54, 1.807) is 12.4 Å². The molecule has 0 aliphatic carbocycles. The van der Waals surface area contributed by atoms with Crippen molar-refractivity contribution in [2.24, 2.45) is 11.7 Å². The molecular formula is C11H19N3O. The zero-order chi connectivity index (χ0) is 11.3. The van der Waals surface area contributed by atoms with Gasteiger partial charge in [0.05, 0.1) is 12.1 Å². The minimum Gasteiger partial charge on any atom is -0.376 e. The van der Waals surface area contributed by atoms with Gasteiger partial charge in [0.2, 0.25) is 0 Å². The van der Waals surface area contributed by atoms with Crippen LogP contribution in [0.5, 0.6) is 0 Å². The molecule has 0 aliphatic heterocycles. The van der Waals surface area contributed by atoms with Crippen LogP contribution in [0.2, 0.25) is 0 Å². The third-order valence-electron chi connectivity index (χ3n) is 2.34. The summed E-state index contributed by atoms with van der Waals surface area (Å²) in [6, 6.07) is -0.161. The molecule has 0 aromatic carbocycles. The smallest absolute Gasteiger partial charge is 0.115 e. The highest BCUT2D eigenvalue weighted by atomic mass is 16.5. The first kappa shape index (κ1) is 12.1. The molecule has 0 saturated carbocycles. The highest BCUT2D eigenvalue weighted by Crippen LogP contribution is 2.21. The van der Waals surface area contributed by atoms with E-state index in [0.29, 0.717) is 12.5 Å². The van der Waals surface area contributed by atoms with Gasteiger partial charge in [0.25, 0.3) is 0 Å². The zero-order valence-electron chi connectivity index (χ0n) is 9.55. The number of ether oxygens (including phenoxy) is 1. The summed E-state index contributed by atoms with van der Waals surface area (Å²) >= 11 is 0. The van der Waals surface area contributed by atoms with Crippen molar-refractivity contribution in [3.8, 4) is 0 Å². The minimum atomic E-state index is -0.161. The molecule has 1 aromatic rings. The van der Waals surface area contributed by atoms with Gasteiger partial charge >= 0.3 is 0 Å². The molecule has 0 amide bonds. The lowest BCUT2D eigenvalue weighted by Crippen LogP contribution is -2.33. The Morgan fingerprint density at radius 3 is 2.40 bits per heavy atom. The number of rotatable bonds is 5. The van der Waals surface area contributed by atoms with E-state index in [9.17, 15) is 0 Å². The van der Waals surface area contributed by atoms with Crippen LogP contribution in [-0.4, -0.2) is 22.7 Å². The second-order valence-electron chi connectivity index (χ2n) is 3.86. The molecule has 0 saturated heterocycles. The molecule has 4 heteroatoms. The van der Waals surface area contributed by atoms with E-state index in [1.807, 2.05) is 6.92 Å². The topological polar surface area (TPSA) is 61.0 Å². The van der Waals surface area contributed by atoms with E-state index < -0.39 is 0 Å². The maximum absolute atomic E-state index is 6.12. The molecule has 2 unspecified atom stereocenters. The molecule has 0 aliphatic rings. The summed E-state index contributed by atoms with van der Waals surface area (Å²) in [6.07, 6.45) is 5.00. The molecule has 0 spiro atoms. The lowest BCUT2D eigenvalue weighted by Gasteiger charge is -2.26. The number of nitrogens with zero attached hydrogens (tertiary/aromatic N) is 2. The molecule has 2 N–H and O–H groups in total. The van der Waals surface area contributed by atoms with Gasteiger partial charge in [-0.3, -0.25) is 0 Å². The third-order valence-corrected chi connectivity index (χ3v) is 2.34. The Labute approximate surface area is 90.9 Å². The van der Waals surface area contributed by atoms with Crippen molar-refractivity contribution in [2.45, 2.75) is 32.9 Å². The SMILES string of the molecule is CCOC(C(C)C)C(N)c1cncnc1. The summed E-state index contributed by atoms with van der Waals surface area (Å²) in [4.78, 5) is 7.92. The van der Waals surface area contributed by atoms with Gasteiger partial charge in [-0.25, -0.2) is 9.97 Å². The first-order chi connectivity index (χ1) is 7.16. The molecule has 0 radical (unpaired) electrons. The van der Waals surface area contributed by atoms with Crippen LogP contribution in [0.3, 0.4) is 0 Å². The summed E-state index contributed by atoms with van der Waals surface area (Å²) in [5.41, 5.74) is 7.04. The summed E-state index contributed by atoms with van der Waals surface area (Å²) in [5.74, 6) is 0.375. The Morgan fingerprint density at radius 2 is 1.93 bits per heavy atom. The number of hydrogen-bond acceptors (Lipinski definition) is 4. The van der Waals surface area contributed by atoms with Crippen LogP contribution >= 0.6 is 0 Å². The van der Waals surface area contributed by atoms with Crippen molar-refractivity contribution >= 4 is 0 Å². The number of nitrogens with two attached hydrogens (primary N) is 1. The van der Waals surface area contributed by atoms with Crippen LogP contribution in [-0.2, 0) is 4.74 Å². The van der Waals surface area contributed by atoms with E-state index in [4.69, 9.17) is 10.5 Å². The maximum Gasteiger partial charge on any atom is 0.115 e. The standard InChI is InChI=1S/C11H19N3O/c1-4-15-11(8(2)3)10(12)9-5-13-7-14-6-9/h5-8,10-11H,4,12H2,1-3H3. The largest absolute Gasteiger partial charge is 0.376 e. The summed E-state index contributed by atoms with van der Waals surface area (Å²) in [7, 11) is 0. The second-order valence-corrected chi connectivity index (χ2v) is 3.86. The van der Waals surface area contributed by atoms with E-state index in [0.717, 1.165) is 5.56 Å². The fraction of sp³-hybridized carbons (Fsp3) is 0.636. The van der Waals surface area contributed by atoms with Gasteiger partial charge in [0, 0.05) is 24.6 Å². The van der Waals surface area contributed by atoms with Crippen LogP contribution in [0, 0.1) is 5.92 Å². The Morgan fingerprint density at radius 1 is 1.33 bits per heavy atom. The Kier molecular flexibility index (Phi) is 4.65. The zero-order valence-corrected chi connectivity index (χ0v) is 9.55. The van der Waals surface area contributed by atoms with Gasteiger partial charge in [0.1, 0.15) is 6.33 Å². The van der Waals surface area contributed by atoms with Gasteiger partial charge < -0.3 is 10.5 Å². The molecule has 1 heterocycles. The number of aromatic nitrogens is 2. The average molecular weight is 209 g/mol. The Hall–Kier alpha value is -1.00. The second kappa shape index (κ2) is 5.78. The Balaban J connectivity index is 2.76. The predicted molar refractivity (Wildman–Crippen MR) is 59.2 cm³/mol. The van der Waals surface area contributed by atoms with Gasteiger partial charge in [0.15, 0.2) is 0 Å². The van der Waals surface area contributed by atoms with Crippen molar-refractivity contribution in [3.63, 3.8) is 0 Å². The summed E-state index contributed by atoms with van der Waals surface area (Å²) in [6.45, 7) is 6.85. The van der Waals surface area contributed by atoms with E-state index in [-0.39, 0.29) is 12.1 Å². The quantitative estimate of drug-likeness (QED) is 0.799. The van der Waals surface area contributed by atoms with E-state index >= 15 is 0 Å². The van der Waals surface area contributed by atoms with E-state index in [2.05, 4.69) is 23.8 Å². The molecule has 0 fully saturated rings. The van der Waals surface area contributed by atoms with Gasteiger partial charge in [-0.2, -0.15) is 0 Å². The van der Waals surface area contributed by atoms with Crippen LogP contribution < -0.4 is 5.73 Å². The molecular weight excluding hydrogens is 190 g/mol. The van der Waals surface area contributed by atoms with Gasteiger partial charge in [-0.15, -0.1) is 0 Å². The molecule has 84 valence electrons. The fourth-order valence-electron chi connectivity index (χ4n) is 1.58. The molecule has 1 aromatic heterocycles. The summed E-state index contributed by atoms with van der Waals surface area (Å²) in [5, 5.41) is 0. The van der Waals surface area contributed by atoms with Gasteiger partial charge in [-0.1, -0.05) is 13.8 Å². The lowest BCUT2D eigenvalue weighted by molar-refractivity contribution is 0.0120. The first-order valence-corrected chi connectivity index (χ1v) is 5.29. The maximum atomic E-state index is 6.12. The molecule has 2 atom stereocenters. The summed E-state index contributed by atoms with van der Waals surface area (Å²) < 4.78 is 5.64. The molecule has 0 bridgehead atoms. The third kappa shape index (κ3) is 3.25.